The van der Waals surface area contributed by atoms with Crippen LogP contribution in [0.15, 0.2) is 18.5 Å². The normalized spacial score (nSPS) is 15.6. The van der Waals surface area contributed by atoms with Crippen LogP contribution in [0.1, 0.15) is 18.5 Å². The fraction of sp³-hybridized carbons (Fsp3) is 0.500. The van der Waals surface area contributed by atoms with Gasteiger partial charge in [0.2, 0.25) is 0 Å². The molecule has 0 atom stereocenters. The molecule has 0 unspecified atom stereocenters. The molecule has 1 saturated carbocycles. The summed E-state index contributed by atoms with van der Waals surface area (Å²) >= 11 is 0. The lowest BCUT2D eigenvalue weighted by molar-refractivity contribution is 0.635. The van der Waals surface area contributed by atoms with Crippen LogP contribution in [0.25, 0.3) is 5.82 Å². The van der Waals surface area contributed by atoms with Crippen molar-refractivity contribution in [2.24, 2.45) is 7.05 Å². The summed E-state index contributed by atoms with van der Waals surface area (Å²) < 4.78 is 3.53. The zero-order valence-electron chi connectivity index (χ0n) is 9.17. The van der Waals surface area contributed by atoms with E-state index in [1.54, 1.807) is 15.6 Å². The van der Waals surface area contributed by atoms with Gasteiger partial charge in [-0.15, -0.1) is 5.10 Å². The smallest absolute Gasteiger partial charge is 0.177 e. The van der Waals surface area contributed by atoms with Crippen LogP contribution < -0.4 is 5.32 Å². The van der Waals surface area contributed by atoms with Gasteiger partial charge < -0.3 is 5.32 Å². The number of aromatic nitrogens is 5. The molecule has 0 spiro atoms. The molecule has 84 valence electrons. The van der Waals surface area contributed by atoms with E-state index in [9.17, 15) is 0 Å². The van der Waals surface area contributed by atoms with Crippen LogP contribution in [-0.2, 0) is 13.6 Å². The molecule has 6 nitrogen and oxygen atoms in total. The summed E-state index contributed by atoms with van der Waals surface area (Å²) in [6.45, 7) is 0.800. The molecular formula is C10H14N6. The molecular weight excluding hydrogens is 204 g/mol. The van der Waals surface area contributed by atoms with E-state index >= 15 is 0 Å². The van der Waals surface area contributed by atoms with E-state index in [4.69, 9.17) is 0 Å². The summed E-state index contributed by atoms with van der Waals surface area (Å²) in [5, 5.41) is 15.7. The van der Waals surface area contributed by atoms with Gasteiger partial charge in [0.1, 0.15) is 0 Å². The number of nitrogens with one attached hydrogen (secondary N) is 1. The first-order valence-electron chi connectivity index (χ1n) is 5.46. The minimum Gasteiger partial charge on any atom is -0.308 e. The third-order valence-electron chi connectivity index (χ3n) is 2.69. The van der Waals surface area contributed by atoms with E-state index in [1.165, 1.54) is 12.8 Å². The van der Waals surface area contributed by atoms with Crippen LogP contribution >= 0.6 is 0 Å². The summed E-state index contributed by atoms with van der Waals surface area (Å²) in [5.74, 6) is 0.813. The largest absolute Gasteiger partial charge is 0.308 e. The first-order chi connectivity index (χ1) is 7.83. The summed E-state index contributed by atoms with van der Waals surface area (Å²) in [5.41, 5.74) is 1.05. The summed E-state index contributed by atoms with van der Waals surface area (Å²) in [6, 6.07) is 2.61. The number of hydrogen-bond donors (Lipinski definition) is 1. The second kappa shape index (κ2) is 3.71. The van der Waals surface area contributed by atoms with Crippen molar-refractivity contribution in [1.82, 2.24) is 30.1 Å². The number of hydrogen-bond acceptors (Lipinski definition) is 4. The Morgan fingerprint density at radius 2 is 2.38 bits per heavy atom. The van der Waals surface area contributed by atoms with Crippen molar-refractivity contribution in [3.05, 3.63) is 24.2 Å². The lowest BCUT2D eigenvalue weighted by Gasteiger charge is -2.03. The van der Waals surface area contributed by atoms with Crippen LogP contribution in [0.2, 0.25) is 0 Å². The van der Waals surface area contributed by atoms with Gasteiger partial charge in [0.05, 0.1) is 11.9 Å². The zero-order valence-corrected chi connectivity index (χ0v) is 9.17. The van der Waals surface area contributed by atoms with E-state index in [0.717, 1.165) is 18.1 Å². The Morgan fingerprint density at radius 3 is 3.06 bits per heavy atom. The molecule has 0 aliphatic heterocycles. The van der Waals surface area contributed by atoms with Gasteiger partial charge >= 0.3 is 0 Å². The third kappa shape index (κ3) is 1.83. The van der Waals surface area contributed by atoms with Gasteiger partial charge in [0, 0.05) is 31.9 Å². The van der Waals surface area contributed by atoms with E-state index in [0.29, 0.717) is 6.04 Å². The second-order valence-corrected chi connectivity index (χ2v) is 4.14. The molecule has 6 heteroatoms. The Morgan fingerprint density at radius 1 is 1.50 bits per heavy atom. The number of rotatable bonds is 4. The molecule has 0 amide bonds. The summed E-state index contributed by atoms with van der Waals surface area (Å²) in [4.78, 5) is 0. The average molecular weight is 218 g/mol. The highest BCUT2D eigenvalue weighted by Gasteiger charge is 2.21. The van der Waals surface area contributed by atoms with Crippen molar-refractivity contribution in [3.8, 4) is 5.82 Å². The fourth-order valence-corrected chi connectivity index (χ4v) is 1.62. The highest BCUT2D eigenvalue weighted by atomic mass is 15.5. The van der Waals surface area contributed by atoms with Gasteiger partial charge in [-0.2, -0.15) is 9.78 Å². The maximum Gasteiger partial charge on any atom is 0.177 e. The lowest BCUT2D eigenvalue weighted by Crippen LogP contribution is -2.18. The Bertz CT molecular complexity index is 481. The van der Waals surface area contributed by atoms with E-state index in [2.05, 4.69) is 20.7 Å². The molecule has 1 N–H and O–H groups in total. The average Bonchev–Trinajstić information content (AvgIpc) is 2.82. The predicted molar refractivity (Wildman–Crippen MR) is 58.0 cm³/mol. The van der Waals surface area contributed by atoms with Crippen LogP contribution in [0.3, 0.4) is 0 Å². The molecule has 0 bridgehead atoms. The van der Waals surface area contributed by atoms with Crippen molar-refractivity contribution < 1.29 is 0 Å². The molecule has 0 radical (unpaired) electrons. The molecule has 2 aromatic rings. The van der Waals surface area contributed by atoms with Crippen molar-refractivity contribution >= 4 is 0 Å². The van der Waals surface area contributed by atoms with Crippen LogP contribution in [0, 0.1) is 0 Å². The zero-order chi connectivity index (χ0) is 11.0. The lowest BCUT2D eigenvalue weighted by atomic mass is 10.4. The molecule has 3 rings (SSSR count). The monoisotopic (exact) mass is 218 g/mol. The molecule has 1 fully saturated rings. The molecule has 0 saturated heterocycles. The van der Waals surface area contributed by atoms with Crippen LogP contribution in [0.5, 0.6) is 0 Å². The Balaban J connectivity index is 1.80. The van der Waals surface area contributed by atoms with Gasteiger partial charge in [-0.05, 0) is 12.8 Å². The maximum absolute atomic E-state index is 4.31. The quantitative estimate of drug-likeness (QED) is 0.799. The third-order valence-corrected chi connectivity index (χ3v) is 2.69. The van der Waals surface area contributed by atoms with Gasteiger partial charge in [-0.3, -0.25) is 4.68 Å². The second-order valence-electron chi connectivity index (χ2n) is 4.14. The first-order valence-corrected chi connectivity index (χ1v) is 5.46. The molecule has 1 aliphatic rings. The Hall–Kier alpha value is -1.69. The van der Waals surface area contributed by atoms with Gasteiger partial charge in [0.15, 0.2) is 5.82 Å². The van der Waals surface area contributed by atoms with Crippen molar-refractivity contribution in [2.45, 2.75) is 25.4 Å². The van der Waals surface area contributed by atoms with Crippen molar-refractivity contribution in [2.75, 3.05) is 0 Å². The Labute approximate surface area is 93.3 Å². The van der Waals surface area contributed by atoms with E-state index < -0.39 is 0 Å². The highest BCUT2D eigenvalue weighted by molar-refractivity contribution is 5.20. The summed E-state index contributed by atoms with van der Waals surface area (Å²) in [7, 11) is 1.89. The fourth-order valence-electron chi connectivity index (χ4n) is 1.62. The topological polar surface area (TPSA) is 60.6 Å². The summed E-state index contributed by atoms with van der Waals surface area (Å²) in [6.07, 6.45) is 6.25. The van der Waals surface area contributed by atoms with Crippen molar-refractivity contribution in [1.29, 1.82) is 0 Å². The Kier molecular flexibility index (Phi) is 2.21. The number of nitrogens with zero attached hydrogens (tertiary/aromatic N) is 5. The highest BCUT2D eigenvalue weighted by Crippen LogP contribution is 2.19. The van der Waals surface area contributed by atoms with E-state index in [-0.39, 0.29) is 0 Å². The predicted octanol–water partition coefficient (Wildman–Crippen LogP) is 0.253. The van der Waals surface area contributed by atoms with Gasteiger partial charge in [-0.25, -0.2) is 0 Å². The maximum atomic E-state index is 4.31. The minimum atomic E-state index is 0.687. The molecule has 1 aliphatic carbocycles. The van der Waals surface area contributed by atoms with Crippen LogP contribution in [0.4, 0.5) is 0 Å². The standard InChI is InChI=1S/C10H14N6/c1-15-5-4-10(13-15)16-9(7-12-14-16)6-11-8-2-3-8/h4-5,7-8,11H,2-3,6H2,1H3. The molecule has 2 aromatic heterocycles. The first kappa shape index (κ1) is 9.53. The molecule has 16 heavy (non-hydrogen) atoms. The van der Waals surface area contributed by atoms with Crippen molar-refractivity contribution in [3.63, 3.8) is 0 Å². The molecule has 0 aromatic carbocycles. The molecule has 2 heterocycles. The van der Waals surface area contributed by atoms with Crippen LogP contribution in [-0.4, -0.2) is 30.8 Å². The van der Waals surface area contributed by atoms with E-state index in [1.807, 2.05) is 19.3 Å². The van der Waals surface area contributed by atoms with Gasteiger partial charge in [-0.1, -0.05) is 5.21 Å². The van der Waals surface area contributed by atoms with Gasteiger partial charge in [0.25, 0.3) is 0 Å². The SMILES string of the molecule is Cn1ccc(-n2nncc2CNC2CC2)n1. The minimum absolute atomic E-state index is 0.687. The number of aryl methyl sites for hydroxylation is 1.